The highest BCUT2D eigenvalue weighted by atomic mass is 127. The Labute approximate surface area is 128 Å². The Bertz CT molecular complexity index is 330. The molecule has 1 saturated heterocycles. The van der Waals surface area contributed by atoms with Gasteiger partial charge in [-0.05, 0) is 19.3 Å². The molecular formula is C11H20F3IN4. The first kappa shape index (κ1) is 16.8. The van der Waals surface area contributed by atoms with Crippen molar-refractivity contribution in [1.29, 1.82) is 0 Å². The molecule has 2 N–H and O–H groups in total. The van der Waals surface area contributed by atoms with E-state index in [2.05, 4.69) is 4.99 Å². The van der Waals surface area contributed by atoms with E-state index in [1.165, 1.54) is 4.90 Å². The van der Waals surface area contributed by atoms with Crippen molar-refractivity contribution < 1.29 is 13.2 Å². The quantitative estimate of drug-likeness (QED) is 0.452. The third-order valence-electron chi connectivity index (χ3n) is 3.42. The minimum absolute atomic E-state index is 0. The summed E-state index contributed by atoms with van der Waals surface area (Å²) in [5, 5.41) is 0. The smallest absolute Gasteiger partial charge is 0.370 e. The van der Waals surface area contributed by atoms with E-state index in [9.17, 15) is 13.2 Å². The van der Waals surface area contributed by atoms with E-state index in [4.69, 9.17) is 5.73 Å². The standard InChI is InChI=1S/C11H19F3N4.HI/c1-17(9-2-3-9)10(15)16-8-4-5-18(6-8)7-11(12,13)14;/h8-9H,2-7H2,1H3,(H2,15,16);1H. The third-order valence-corrected chi connectivity index (χ3v) is 3.42. The molecule has 1 heterocycles. The summed E-state index contributed by atoms with van der Waals surface area (Å²) >= 11 is 0. The number of guanidine groups is 1. The molecule has 8 heteroatoms. The van der Waals surface area contributed by atoms with Gasteiger partial charge in [0.1, 0.15) is 0 Å². The van der Waals surface area contributed by atoms with Crippen LogP contribution in [0.2, 0.25) is 0 Å². The molecule has 1 saturated carbocycles. The monoisotopic (exact) mass is 392 g/mol. The molecule has 0 aromatic heterocycles. The minimum Gasteiger partial charge on any atom is -0.370 e. The molecule has 0 aromatic carbocycles. The maximum absolute atomic E-state index is 12.2. The number of rotatable bonds is 3. The number of nitrogens with two attached hydrogens (primary N) is 1. The van der Waals surface area contributed by atoms with Crippen LogP contribution in [-0.2, 0) is 0 Å². The van der Waals surface area contributed by atoms with Gasteiger partial charge in [0.2, 0.25) is 0 Å². The Kier molecular flexibility index (Phi) is 5.72. The first-order valence-electron chi connectivity index (χ1n) is 6.20. The molecule has 0 spiro atoms. The lowest BCUT2D eigenvalue weighted by Gasteiger charge is -2.19. The van der Waals surface area contributed by atoms with E-state index >= 15 is 0 Å². The number of hydrogen-bond acceptors (Lipinski definition) is 2. The number of hydrogen-bond donors (Lipinski definition) is 1. The Hall–Kier alpha value is -0.250. The molecule has 0 aromatic rings. The van der Waals surface area contributed by atoms with Crippen LogP contribution in [0.15, 0.2) is 4.99 Å². The van der Waals surface area contributed by atoms with Crippen LogP contribution in [0, 0.1) is 0 Å². The first-order valence-corrected chi connectivity index (χ1v) is 6.20. The molecule has 112 valence electrons. The molecule has 0 bridgehead atoms. The number of likely N-dealkylation sites (tertiary alicyclic amines) is 1. The lowest BCUT2D eigenvalue weighted by Crippen LogP contribution is -2.37. The predicted molar refractivity (Wildman–Crippen MR) is 78.7 cm³/mol. The fourth-order valence-corrected chi connectivity index (χ4v) is 2.24. The molecule has 0 amide bonds. The average molecular weight is 392 g/mol. The van der Waals surface area contributed by atoms with E-state index < -0.39 is 12.7 Å². The van der Waals surface area contributed by atoms with Gasteiger partial charge in [0.05, 0.1) is 12.6 Å². The molecule has 1 atom stereocenters. The van der Waals surface area contributed by atoms with Gasteiger partial charge in [0, 0.05) is 26.2 Å². The predicted octanol–water partition coefficient (Wildman–Crippen LogP) is 1.65. The van der Waals surface area contributed by atoms with Crippen molar-refractivity contribution in [2.75, 3.05) is 26.7 Å². The van der Waals surface area contributed by atoms with Gasteiger partial charge in [-0.25, -0.2) is 4.99 Å². The average Bonchev–Trinajstić information content (AvgIpc) is 3.00. The highest BCUT2D eigenvalue weighted by Crippen LogP contribution is 2.25. The van der Waals surface area contributed by atoms with Crippen LogP contribution in [0.5, 0.6) is 0 Å². The molecule has 2 fully saturated rings. The van der Waals surface area contributed by atoms with Gasteiger partial charge in [0.15, 0.2) is 5.96 Å². The summed E-state index contributed by atoms with van der Waals surface area (Å²) < 4.78 is 36.7. The van der Waals surface area contributed by atoms with Crippen LogP contribution in [0.4, 0.5) is 13.2 Å². The Balaban J connectivity index is 0.00000180. The lowest BCUT2D eigenvalue weighted by atomic mass is 10.3. The number of aliphatic imine (C=N–C) groups is 1. The molecule has 0 radical (unpaired) electrons. The molecule has 4 nitrogen and oxygen atoms in total. The number of nitrogens with zero attached hydrogens (tertiary/aromatic N) is 3. The SMILES string of the molecule is CN(C(N)=NC1CCN(CC(F)(F)F)C1)C1CC1.I. The summed E-state index contributed by atoms with van der Waals surface area (Å²) in [6.45, 7) is -0.0653. The van der Waals surface area contributed by atoms with Crippen LogP contribution in [0.1, 0.15) is 19.3 Å². The summed E-state index contributed by atoms with van der Waals surface area (Å²) in [5.41, 5.74) is 5.85. The molecule has 2 aliphatic rings. The summed E-state index contributed by atoms with van der Waals surface area (Å²) in [4.78, 5) is 7.64. The van der Waals surface area contributed by atoms with Crippen molar-refractivity contribution in [2.24, 2.45) is 10.7 Å². The van der Waals surface area contributed by atoms with E-state index in [0.29, 0.717) is 31.5 Å². The Morgan fingerprint density at radius 3 is 2.53 bits per heavy atom. The van der Waals surface area contributed by atoms with Gasteiger partial charge in [-0.3, -0.25) is 4.90 Å². The molecule has 1 unspecified atom stereocenters. The van der Waals surface area contributed by atoms with Crippen molar-refractivity contribution in [3.05, 3.63) is 0 Å². The maximum atomic E-state index is 12.2. The zero-order valence-corrected chi connectivity index (χ0v) is 13.2. The molecule has 19 heavy (non-hydrogen) atoms. The van der Waals surface area contributed by atoms with Crippen LogP contribution in [0.25, 0.3) is 0 Å². The largest absolute Gasteiger partial charge is 0.401 e. The van der Waals surface area contributed by atoms with Gasteiger partial charge in [-0.2, -0.15) is 13.2 Å². The van der Waals surface area contributed by atoms with Crippen LogP contribution in [-0.4, -0.2) is 60.7 Å². The Morgan fingerprint density at radius 2 is 2.00 bits per heavy atom. The van der Waals surface area contributed by atoms with Gasteiger partial charge in [0.25, 0.3) is 0 Å². The Morgan fingerprint density at radius 1 is 1.37 bits per heavy atom. The normalized spacial score (nSPS) is 25.3. The molecule has 1 aliphatic carbocycles. The first-order chi connectivity index (χ1) is 8.35. The van der Waals surface area contributed by atoms with E-state index in [1.807, 2.05) is 11.9 Å². The lowest BCUT2D eigenvalue weighted by molar-refractivity contribution is -0.143. The minimum atomic E-state index is -4.13. The van der Waals surface area contributed by atoms with Gasteiger partial charge in [-0.1, -0.05) is 0 Å². The van der Waals surface area contributed by atoms with E-state index in [0.717, 1.165) is 12.8 Å². The summed E-state index contributed by atoms with van der Waals surface area (Å²) in [5.74, 6) is 0.455. The molecule has 2 rings (SSSR count). The van der Waals surface area contributed by atoms with Crippen molar-refractivity contribution in [3.8, 4) is 0 Å². The van der Waals surface area contributed by atoms with Crippen molar-refractivity contribution in [2.45, 2.75) is 37.5 Å². The summed E-state index contributed by atoms with van der Waals surface area (Å²) in [7, 11) is 1.89. The fourth-order valence-electron chi connectivity index (χ4n) is 2.24. The van der Waals surface area contributed by atoms with Crippen LogP contribution >= 0.6 is 24.0 Å². The zero-order valence-electron chi connectivity index (χ0n) is 10.9. The highest BCUT2D eigenvalue weighted by Gasteiger charge is 2.34. The fraction of sp³-hybridized carbons (Fsp3) is 0.909. The molecular weight excluding hydrogens is 372 g/mol. The zero-order chi connectivity index (χ0) is 13.3. The van der Waals surface area contributed by atoms with Gasteiger partial charge in [-0.15, -0.1) is 24.0 Å². The topological polar surface area (TPSA) is 44.9 Å². The van der Waals surface area contributed by atoms with Crippen molar-refractivity contribution >= 4 is 29.9 Å². The second-order valence-corrected chi connectivity index (χ2v) is 5.12. The second kappa shape index (κ2) is 6.47. The summed E-state index contributed by atoms with van der Waals surface area (Å²) in [6, 6.07) is 0.370. The number of alkyl halides is 3. The second-order valence-electron chi connectivity index (χ2n) is 5.12. The third kappa shape index (κ3) is 5.33. The van der Waals surface area contributed by atoms with Crippen LogP contribution < -0.4 is 5.73 Å². The van der Waals surface area contributed by atoms with Crippen LogP contribution in [0.3, 0.4) is 0 Å². The van der Waals surface area contributed by atoms with Crippen molar-refractivity contribution in [1.82, 2.24) is 9.80 Å². The maximum Gasteiger partial charge on any atom is 0.401 e. The highest BCUT2D eigenvalue weighted by molar-refractivity contribution is 14.0. The van der Waals surface area contributed by atoms with E-state index in [1.54, 1.807) is 0 Å². The summed E-state index contributed by atoms with van der Waals surface area (Å²) in [6.07, 6.45) is -1.24. The van der Waals surface area contributed by atoms with Crippen molar-refractivity contribution in [3.63, 3.8) is 0 Å². The van der Waals surface area contributed by atoms with Gasteiger partial charge < -0.3 is 10.6 Å². The number of halogens is 4. The van der Waals surface area contributed by atoms with E-state index in [-0.39, 0.29) is 30.0 Å². The molecule has 1 aliphatic heterocycles. The van der Waals surface area contributed by atoms with Gasteiger partial charge >= 0.3 is 6.18 Å².